The zero-order chi connectivity index (χ0) is 12.8. The van der Waals surface area contributed by atoms with Crippen molar-refractivity contribution in [1.29, 1.82) is 0 Å². The van der Waals surface area contributed by atoms with Gasteiger partial charge in [0.2, 0.25) is 0 Å². The number of hydrogen-bond donors (Lipinski definition) is 1. The predicted octanol–water partition coefficient (Wildman–Crippen LogP) is 0.364. The SMILES string of the molecule is NC1CCCc2nc(C3CCS(=O)(=O)CC3)nn21. The second-order valence-electron chi connectivity index (χ2n) is 5.22. The van der Waals surface area contributed by atoms with E-state index in [0.29, 0.717) is 12.8 Å². The fourth-order valence-electron chi connectivity index (χ4n) is 2.72. The van der Waals surface area contributed by atoms with Crippen LogP contribution in [0.5, 0.6) is 0 Å². The molecule has 0 saturated carbocycles. The van der Waals surface area contributed by atoms with E-state index in [4.69, 9.17) is 5.73 Å². The average Bonchev–Trinajstić information content (AvgIpc) is 2.74. The maximum atomic E-state index is 11.4. The molecule has 1 atom stereocenters. The number of rotatable bonds is 1. The van der Waals surface area contributed by atoms with Crippen molar-refractivity contribution < 1.29 is 8.42 Å². The molecule has 1 unspecified atom stereocenters. The summed E-state index contributed by atoms with van der Waals surface area (Å²) in [6.45, 7) is 0. The Hall–Kier alpha value is -0.950. The van der Waals surface area contributed by atoms with E-state index < -0.39 is 9.84 Å². The third-order valence-corrected chi connectivity index (χ3v) is 5.57. The molecule has 0 aromatic carbocycles. The van der Waals surface area contributed by atoms with E-state index in [2.05, 4.69) is 10.1 Å². The standard InChI is InChI=1S/C11H18N4O2S/c12-9-2-1-3-10-13-11(14-15(9)10)8-4-6-18(16,17)7-5-8/h8-9H,1-7,12H2. The lowest BCUT2D eigenvalue weighted by Crippen LogP contribution is -2.26. The first-order valence-corrected chi connectivity index (χ1v) is 8.28. The third-order valence-electron chi connectivity index (χ3n) is 3.85. The smallest absolute Gasteiger partial charge is 0.154 e. The minimum Gasteiger partial charge on any atom is -0.310 e. The van der Waals surface area contributed by atoms with Crippen LogP contribution in [0.25, 0.3) is 0 Å². The Balaban J connectivity index is 1.82. The maximum Gasteiger partial charge on any atom is 0.154 e. The van der Waals surface area contributed by atoms with Crippen LogP contribution in [0.15, 0.2) is 0 Å². The Kier molecular flexibility index (Phi) is 2.90. The minimum atomic E-state index is -2.82. The summed E-state index contributed by atoms with van der Waals surface area (Å²) in [4.78, 5) is 4.55. The van der Waals surface area contributed by atoms with Gasteiger partial charge in [-0.3, -0.25) is 0 Å². The highest BCUT2D eigenvalue weighted by atomic mass is 32.2. The fourth-order valence-corrected chi connectivity index (χ4v) is 4.21. The largest absolute Gasteiger partial charge is 0.310 e. The lowest BCUT2D eigenvalue weighted by atomic mass is 10.0. The highest BCUT2D eigenvalue weighted by Crippen LogP contribution is 2.29. The quantitative estimate of drug-likeness (QED) is 0.796. The van der Waals surface area contributed by atoms with Gasteiger partial charge in [-0.1, -0.05) is 0 Å². The Morgan fingerprint density at radius 3 is 2.61 bits per heavy atom. The first-order chi connectivity index (χ1) is 8.55. The molecule has 1 saturated heterocycles. The molecule has 1 aromatic rings. The molecule has 3 heterocycles. The number of fused-ring (bicyclic) bond motifs is 1. The molecular formula is C11H18N4O2S. The molecule has 2 aliphatic heterocycles. The van der Waals surface area contributed by atoms with Gasteiger partial charge in [0, 0.05) is 12.3 Å². The zero-order valence-electron chi connectivity index (χ0n) is 10.2. The highest BCUT2D eigenvalue weighted by Gasteiger charge is 2.29. The highest BCUT2D eigenvalue weighted by molar-refractivity contribution is 7.91. The van der Waals surface area contributed by atoms with Crippen molar-refractivity contribution in [2.45, 2.75) is 44.2 Å². The number of sulfone groups is 1. The molecule has 7 heteroatoms. The van der Waals surface area contributed by atoms with E-state index in [1.807, 2.05) is 4.68 Å². The van der Waals surface area contributed by atoms with E-state index in [0.717, 1.165) is 30.9 Å². The molecule has 0 aliphatic carbocycles. The molecule has 0 spiro atoms. The summed E-state index contributed by atoms with van der Waals surface area (Å²) in [6, 6.07) is 0. The van der Waals surface area contributed by atoms with Gasteiger partial charge in [-0.2, -0.15) is 5.10 Å². The summed E-state index contributed by atoms with van der Waals surface area (Å²) in [7, 11) is -2.82. The lowest BCUT2D eigenvalue weighted by Gasteiger charge is -2.19. The fraction of sp³-hybridized carbons (Fsp3) is 0.818. The molecular weight excluding hydrogens is 252 g/mol. The van der Waals surface area contributed by atoms with E-state index in [9.17, 15) is 8.42 Å². The maximum absolute atomic E-state index is 11.4. The molecule has 6 nitrogen and oxygen atoms in total. The van der Waals surface area contributed by atoms with Crippen molar-refractivity contribution in [3.63, 3.8) is 0 Å². The number of aryl methyl sites for hydroxylation is 1. The Bertz CT molecular complexity index is 537. The van der Waals surface area contributed by atoms with Crippen LogP contribution in [0, 0.1) is 0 Å². The van der Waals surface area contributed by atoms with Gasteiger partial charge in [-0.25, -0.2) is 18.1 Å². The molecule has 1 aromatic heterocycles. The van der Waals surface area contributed by atoms with Crippen molar-refractivity contribution in [3.05, 3.63) is 11.6 Å². The van der Waals surface area contributed by atoms with E-state index >= 15 is 0 Å². The average molecular weight is 270 g/mol. The van der Waals surface area contributed by atoms with Gasteiger partial charge in [0.25, 0.3) is 0 Å². The summed E-state index contributed by atoms with van der Waals surface area (Å²) < 4.78 is 24.6. The van der Waals surface area contributed by atoms with Gasteiger partial charge in [0.05, 0.1) is 11.5 Å². The van der Waals surface area contributed by atoms with Crippen LogP contribution < -0.4 is 5.73 Å². The predicted molar refractivity (Wildman–Crippen MR) is 66.8 cm³/mol. The van der Waals surface area contributed by atoms with E-state index in [-0.39, 0.29) is 23.6 Å². The molecule has 0 amide bonds. The van der Waals surface area contributed by atoms with Gasteiger partial charge >= 0.3 is 0 Å². The van der Waals surface area contributed by atoms with Crippen LogP contribution in [-0.4, -0.2) is 34.7 Å². The monoisotopic (exact) mass is 270 g/mol. The third kappa shape index (κ3) is 2.16. The summed E-state index contributed by atoms with van der Waals surface area (Å²) >= 11 is 0. The number of nitrogens with two attached hydrogens (primary N) is 1. The molecule has 100 valence electrons. The van der Waals surface area contributed by atoms with Crippen molar-refractivity contribution >= 4 is 9.84 Å². The minimum absolute atomic E-state index is 0.0673. The molecule has 18 heavy (non-hydrogen) atoms. The van der Waals surface area contributed by atoms with Crippen molar-refractivity contribution in [2.75, 3.05) is 11.5 Å². The molecule has 2 N–H and O–H groups in total. The molecule has 1 fully saturated rings. The van der Waals surface area contributed by atoms with Crippen molar-refractivity contribution in [3.8, 4) is 0 Å². The normalized spacial score (nSPS) is 27.9. The van der Waals surface area contributed by atoms with Crippen molar-refractivity contribution in [1.82, 2.24) is 14.8 Å². The lowest BCUT2D eigenvalue weighted by molar-refractivity contribution is 0.370. The van der Waals surface area contributed by atoms with Crippen LogP contribution >= 0.6 is 0 Å². The number of aromatic nitrogens is 3. The number of nitrogens with zero attached hydrogens (tertiary/aromatic N) is 3. The van der Waals surface area contributed by atoms with Crippen LogP contribution in [-0.2, 0) is 16.3 Å². The second-order valence-corrected chi connectivity index (χ2v) is 7.52. The number of hydrogen-bond acceptors (Lipinski definition) is 5. The van der Waals surface area contributed by atoms with Gasteiger partial charge in [-0.05, 0) is 25.7 Å². The summed E-state index contributed by atoms with van der Waals surface area (Å²) in [6.07, 6.45) is 4.13. The second kappa shape index (κ2) is 4.31. The topological polar surface area (TPSA) is 90.9 Å². The zero-order valence-corrected chi connectivity index (χ0v) is 11.1. The van der Waals surface area contributed by atoms with Gasteiger partial charge in [0.1, 0.15) is 21.8 Å². The molecule has 0 bridgehead atoms. The first kappa shape index (κ1) is 12.1. The molecule has 0 radical (unpaired) electrons. The Labute approximate surface area is 106 Å². The first-order valence-electron chi connectivity index (χ1n) is 6.46. The van der Waals surface area contributed by atoms with Gasteiger partial charge < -0.3 is 5.73 Å². The summed E-state index contributed by atoms with van der Waals surface area (Å²) in [5, 5.41) is 4.49. The van der Waals surface area contributed by atoms with Gasteiger partial charge in [0.15, 0.2) is 5.82 Å². The summed E-state index contributed by atoms with van der Waals surface area (Å²) in [5.41, 5.74) is 6.00. The Morgan fingerprint density at radius 1 is 1.22 bits per heavy atom. The van der Waals surface area contributed by atoms with Crippen LogP contribution in [0.2, 0.25) is 0 Å². The van der Waals surface area contributed by atoms with E-state index in [1.54, 1.807) is 0 Å². The van der Waals surface area contributed by atoms with E-state index in [1.165, 1.54) is 0 Å². The van der Waals surface area contributed by atoms with Crippen LogP contribution in [0.1, 0.15) is 49.4 Å². The van der Waals surface area contributed by atoms with Crippen LogP contribution in [0.3, 0.4) is 0 Å². The van der Waals surface area contributed by atoms with Crippen molar-refractivity contribution in [2.24, 2.45) is 5.73 Å². The van der Waals surface area contributed by atoms with Gasteiger partial charge in [-0.15, -0.1) is 0 Å². The summed E-state index contributed by atoms with van der Waals surface area (Å²) in [5.74, 6) is 2.44. The Morgan fingerprint density at radius 2 is 1.94 bits per heavy atom. The van der Waals surface area contributed by atoms with Crippen LogP contribution in [0.4, 0.5) is 0 Å². The molecule has 3 rings (SSSR count). The molecule has 2 aliphatic rings.